The van der Waals surface area contributed by atoms with E-state index in [0.29, 0.717) is 17.2 Å². The summed E-state index contributed by atoms with van der Waals surface area (Å²) in [5, 5.41) is 9.56. The van der Waals surface area contributed by atoms with Gasteiger partial charge in [-0.3, -0.25) is 0 Å². The van der Waals surface area contributed by atoms with Gasteiger partial charge in [0.05, 0.1) is 12.8 Å². The van der Waals surface area contributed by atoms with Crippen LogP contribution in [-0.2, 0) is 0 Å². The summed E-state index contributed by atoms with van der Waals surface area (Å²) >= 11 is 0. The summed E-state index contributed by atoms with van der Waals surface area (Å²) < 4.78 is 5.29. The van der Waals surface area contributed by atoms with E-state index in [1.54, 1.807) is 7.11 Å². The second-order valence-electron chi connectivity index (χ2n) is 6.44. The maximum absolute atomic E-state index is 9.56. The third kappa shape index (κ3) is 3.38. The molecule has 0 aliphatic carbocycles. The first-order valence-corrected chi connectivity index (χ1v) is 8.49. The molecule has 3 rings (SSSR count). The summed E-state index contributed by atoms with van der Waals surface area (Å²) in [6.45, 7) is 4.31. The molecule has 2 aromatic carbocycles. The van der Waals surface area contributed by atoms with Crippen LogP contribution in [0, 0.1) is 11.3 Å². The molecule has 0 amide bonds. The topological polar surface area (TPSA) is 71.9 Å². The van der Waals surface area contributed by atoms with Crippen LogP contribution in [-0.4, -0.2) is 12.1 Å². The van der Waals surface area contributed by atoms with Gasteiger partial charge >= 0.3 is 0 Å². The quantitative estimate of drug-likeness (QED) is 0.723. The lowest BCUT2D eigenvalue weighted by molar-refractivity contribution is 0.415. The van der Waals surface area contributed by atoms with E-state index >= 15 is 0 Å². The predicted octanol–water partition coefficient (Wildman–Crippen LogP) is 5.00. The molecule has 0 saturated carbocycles. The molecular weight excluding hydrogens is 322 g/mol. The van der Waals surface area contributed by atoms with Crippen LogP contribution < -0.4 is 10.5 Å². The van der Waals surface area contributed by atoms with Crippen LogP contribution in [0.2, 0.25) is 0 Å². The number of hydrogen-bond donors (Lipinski definition) is 1. The second kappa shape index (κ2) is 7.28. The predicted molar refractivity (Wildman–Crippen MR) is 105 cm³/mol. The third-order valence-corrected chi connectivity index (χ3v) is 4.41. The average molecular weight is 343 g/mol. The van der Waals surface area contributed by atoms with Crippen molar-refractivity contribution in [3.8, 4) is 34.2 Å². The Morgan fingerprint density at radius 2 is 1.77 bits per heavy atom. The van der Waals surface area contributed by atoms with Gasteiger partial charge in [0.25, 0.3) is 0 Å². The number of nitriles is 1. The lowest BCUT2D eigenvalue weighted by Gasteiger charge is -2.12. The number of pyridine rings is 1. The van der Waals surface area contributed by atoms with Crippen molar-refractivity contribution in [1.82, 2.24) is 4.98 Å². The molecule has 1 heterocycles. The minimum absolute atomic E-state index is 0.232. The largest absolute Gasteiger partial charge is 0.497 e. The van der Waals surface area contributed by atoms with Crippen LogP contribution in [0.25, 0.3) is 22.4 Å². The summed E-state index contributed by atoms with van der Waals surface area (Å²) in [6.07, 6.45) is 0. The third-order valence-electron chi connectivity index (χ3n) is 4.41. The molecule has 4 heteroatoms. The molecule has 0 fully saturated rings. The summed E-state index contributed by atoms with van der Waals surface area (Å²) in [7, 11) is 1.63. The first-order chi connectivity index (χ1) is 12.5. The molecule has 0 saturated heterocycles. The summed E-state index contributed by atoms with van der Waals surface area (Å²) in [5.41, 5.74) is 11.1. The first-order valence-electron chi connectivity index (χ1n) is 8.49. The molecule has 26 heavy (non-hydrogen) atoms. The number of nitrogen functional groups attached to an aromatic ring is 1. The number of rotatable bonds is 4. The molecule has 130 valence electrons. The zero-order chi connectivity index (χ0) is 18.7. The van der Waals surface area contributed by atoms with E-state index in [4.69, 9.17) is 10.5 Å². The van der Waals surface area contributed by atoms with Gasteiger partial charge in [-0.05, 0) is 35.2 Å². The normalized spacial score (nSPS) is 10.6. The maximum Gasteiger partial charge on any atom is 0.142 e. The van der Waals surface area contributed by atoms with Crippen LogP contribution in [0.5, 0.6) is 5.75 Å². The molecule has 1 aromatic heterocycles. The Labute approximate surface area is 153 Å². The van der Waals surface area contributed by atoms with Crippen molar-refractivity contribution in [3.05, 3.63) is 65.7 Å². The van der Waals surface area contributed by atoms with Crippen LogP contribution >= 0.6 is 0 Å². The van der Waals surface area contributed by atoms with E-state index in [1.807, 2.05) is 42.5 Å². The Morgan fingerprint density at radius 3 is 2.38 bits per heavy atom. The van der Waals surface area contributed by atoms with Gasteiger partial charge in [-0.2, -0.15) is 5.26 Å². The highest BCUT2D eigenvalue weighted by atomic mass is 16.5. The number of anilines is 1. The van der Waals surface area contributed by atoms with Crippen molar-refractivity contribution in [2.45, 2.75) is 19.8 Å². The minimum atomic E-state index is 0.232. The number of nitrogens with two attached hydrogens (primary N) is 1. The van der Waals surface area contributed by atoms with Crippen LogP contribution in [0.1, 0.15) is 30.9 Å². The molecule has 0 spiro atoms. The van der Waals surface area contributed by atoms with Crippen LogP contribution in [0.15, 0.2) is 54.6 Å². The van der Waals surface area contributed by atoms with Gasteiger partial charge < -0.3 is 10.5 Å². The zero-order valence-electron chi connectivity index (χ0n) is 15.2. The van der Waals surface area contributed by atoms with Crippen molar-refractivity contribution in [1.29, 1.82) is 5.26 Å². The number of nitrogens with zero attached hydrogens (tertiary/aromatic N) is 2. The van der Waals surface area contributed by atoms with Crippen molar-refractivity contribution in [3.63, 3.8) is 0 Å². The van der Waals surface area contributed by atoms with Gasteiger partial charge in [-0.15, -0.1) is 0 Å². The van der Waals surface area contributed by atoms with Gasteiger partial charge in [0.15, 0.2) is 0 Å². The van der Waals surface area contributed by atoms with Crippen LogP contribution in [0.4, 0.5) is 5.82 Å². The van der Waals surface area contributed by atoms with Crippen molar-refractivity contribution >= 4 is 5.82 Å². The Balaban J connectivity index is 2.15. The lowest BCUT2D eigenvalue weighted by Crippen LogP contribution is -2.00. The molecule has 0 radical (unpaired) electrons. The first kappa shape index (κ1) is 17.5. The average Bonchev–Trinajstić information content (AvgIpc) is 2.67. The SMILES string of the molecule is COc1cccc(-c2cc(-c3ccc(C(C)C)cc3)c(C#N)c(N)n2)c1. The molecule has 0 unspecified atom stereocenters. The summed E-state index contributed by atoms with van der Waals surface area (Å²) in [6, 6.07) is 20.0. The molecule has 4 nitrogen and oxygen atoms in total. The Kier molecular flexibility index (Phi) is 4.90. The zero-order valence-corrected chi connectivity index (χ0v) is 15.2. The second-order valence-corrected chi connectivity index (χ2v) is 6.44. The standard InChI is InChI=1S/C22H21N3O/c1-14(2)15-7-9-16(10-8-15)19-12-21(25-22(24)20(19)13-23)17-5-4-6-18(11-17)26-3/h4-12,14H,1-3H3,(H2,24,25). The molecule has 2 N–H and O–H groups in total. The maximum atomic E-state index is 9.56. The number of aromatic nitrogens is 1. The highest BCUT2D eigenvalue weighted by molar-refractivity contribution is 5.80. The molecule has 0 aliphatic heterocycles. The van der Waals surface area contributed by atoms with E-state index < -0.39 is 0 Å². The summed E-state index contributed by atoms with van der Waals surface area (Å²) in [5.74, 6) is 1.43. The summed E-state index contributed by atoms with van der Waals surface area (Å²) in [4.78, 5) is 4.42. The molecule has 3 aromatic rings. The molecule has 0 aliphatic rings. The monoisotopic (exact) mass is 343 g/mol. The van der Waals surface area contributed by atoms with Crippen molar-refractivity contribution in [2.75, 3.05) is 12.8 Å². The van der Waals surface area contributed by atoms with E-state index in [0.717, 1.165) is 22.4 Å². The lowest BCUT2D eigenvalue weighted by atomic mass is 9.95. The van der Waals surface area contributed by atoms with Gasteiger partial charge in [-0.1, -0.05) is 50.2 Å². The fraction of sp³-hybridized carbons (Fsp3) is 0.182. The van der Waals surface area contributed by atoms with E-state index in [9.17, 15) is 5.26 Å². The Morgan fingerprint density at radius 1 is 1.04 bits per heavy atom. The number of benzene rings is 2. The smallest absolute Gasteiger partial charge is 0.142 e. The number of methoxy groups -OCH3 is 1. The van der Waals surface area contributed by atoms with Gasteiger partial charge in [0.2, 0.25) is 0 Å². The van der Waals surface area contributed by atoms with Crippen molar-refractivity contribution in [2.24, 2.45) is 0 Å². The molecular formula is C22H21N3O. The molecule has 0 bridgehead atoms. The van der Waals surface area contributed by atoms with Gasteiger partial charge in [0.1, 0.15) is 23.2 Å². The Bertz CT molecular complexity index is 970. The van der Waals surface area contributed by atoms with Crippen LogP contribution in [0.3, 0.4) is 0 Å². The highest BCUT2D eigenvalue weighted by Crippen LogP contribution is 2.32. The fourth-order valence-electron chi connectivity index (χ4n) is 2.89. The Hall–Kier alpha value is -3.32. The van der Waals surface area contributed by atoms with E-state index in [2.05, 4.69) is 37.0 Å². The van der Waals surface area contributed by atoms with E-state index in [1.165, 1.54) is 5.56 Å². The van der Waals surface area contributed by atoms with Gasteiger partial charge in [-0.25, -0.2) is 4.98 Å². The number of ether oxygens (including phenoxy) is 1. The fourth-order valence-corrected chi connectivity index (χ4v) is 2.89. The minimum Gasteiger partial charge on any atom is -0.497 e. The van der Waals surface area contributed by atoms with Gasteiger partial charge in [0, 0.05) is 11.1 Å². The van der Waals surface area contributed by atoms with Crippen molar-refractivity contribution < 1.29 is 4.74 Å². The highest BCUT2D eigenvalue weighted by Gasteiger charge is 2.14. The molecule has 0 atom stereocenters. The van der Waals surface area contributed by atoms with E-state index in [-0.39, 0.29) is 5.82 Å². The number of hydrogen-bond acceptors (Lipinski definition) is 4.